The number of pyridine rings is 1. The number of aromatic nitrogens is 3. The van der Waals surface area contributed by atoms with Gasteiger partial charge in [-0.1, -0.05) is 30.3 Å². The molecule has 0 unspecified atom stereocenters. The lowest BCUT2D eigenvalue weighted by Gasteiger charge is -2.17. The molecule has 0 aliphatic carbocycles. The van der Waals surface area contributed by atoms with Gasteiger partial charge in [0.05, 0.1) is 28.5 Å². The lowest BCUT2D eigenvalue weighted by Crippen LogP contribution is -2.13. The Labute approximate surface area is 123 Å². The first-order valence-electron chi connectivity index (χ1n) is 7.25. The first kappa shape index (κ1) is 12.1. The first-order chi connectivity index (χ1) is 10.4. The zero-order valence-corrected chi connectivity index (χ0v) is 11.6. The largest absolute Gasteiger partial charge is 0.384 e. The third-order valence-corrected chi connectivity index (χ3v) is 3.80. The van der Waals surface area contributed by atoms with E-state index in [9.17, 15) is 0 Å². The van der Waals surface area contributed by atoms with E-state index >= 15 is 0 Å². The minimum atomic E-state index is 0.947. The van der Waals surface area contributed by atoms with E-state index in [0.717, 1.165) is 53.4 Å². The Bertz CT molecular complexity index is 761. The van der Waals surface area contributed by atoms with Crippen molar-refractivity contribution in [1.29, 1.82) is 0 Å². The summed E-state index contributed by atoms with van der Waals surface area (Å²) < 4.78 is 0. The molecule has 4 rings (SSSR count). The van der Waals surface area contributed by atoms with Gasteiger partial charge in [0, 0.05) is 12.1 Å². The quantitative estimate of drug-likeness (QED) is 0.753. The standard InChI is InChI=1S/C17H16N4/c1-2-5-12(6-3-1)16-11-17(21-20-16)15-9-8-13-14(19-15)7-4-10-18-13/h1-3,5-6,8-9,11,18H,4,7,10H2,(H,20,21). The summed E-state index contributed by atoms with van der Waals surface area (Å²) in [5, 5.41) is 10.9. The van der Waals surface area contributed by atoms with Gasteiger partial charge in [0.25, 0.3) is 0 Å². The van der Waals surface area contributed by atoms with E-state index in [4.69, 9.17) is 4.98 Å². The maximum atomic E-state index is 4.76. The number of nitrogens with one attached hydrogen (secondary N) is 2. The highest BCUT2D eigenvalue weighted by atomic mass is 15.1. The van der Waals surface area contributed by atoms with Gasteiger partial charge in [-0.3, -0.25) is 5.10 Å². The van der Waals surface area contributed by atoms with Gasteiger partial charge in [-0.25, -0.2) is 4.98 Å². The Morgan fingerprint density at radius 2 is 1.86 bits per heavy atom. The Balaban J connectivity index is 1.70. The van der Waals surface area contributed by atoms with Gasteiger partial charge in [0.2, 0.25) is 0 Å². The lowest BCUT2D eigenvalue weighted by atomic mass is 10.1. The van der Waals surface area contributed by atoms with Crippen molar-refractivity contribution in [1.82, 2.24) is 15.2 Å². The number of aryl methyl sites for hydroxylation is 1. The number of rotatable bonds is 2. The molecule has 0 saturated carbocycles. The molecule has 0 spiro atoms. The number of nitrogens with zero attached hydrogens (tertiary/aromatic N) is 2. The van der Waals surface area contributed by atoms with Crippen LogP contribution in [0, 0.1) is 0 Å². The average Bonchev–Trinajstić information content (AvgIpc) is 3.05. The molecule has 4 nitrogen and oxygen atoms in total. The molecule has 1 aliphatic rings. The number of hydrogen-bond acceptors (Lipinski definition) is 3. The number of fused-ring (bicyclic) bond motifs is 1. The molecule has 104 valence electrons. The second-order valence-corrected chi connectivity index (χ2v) is 5.25. The number of H-pyrrole nitrogens is 1. The molecular formula is C17H16N4. The van der Waals surface area contributed by atoms with E-state index < -0.39 is 0 Å². The summed E-state index contributed by atoms with van der Waals surface area (Å²) in [6, 6.07) is 16.4. The summed E-state index contributed by atoms with van der Waals surface area (Å²) in [6.45, 7) is 1.04. The van der Waals surface area contributed by atoms with Crippen molar-refractivity contribution >= 4 is 5.69 Å². The third kappa shape index (κ3) is 2.29. The lowest BCUT2D eigenvalue weighted by molar-refractivity contribution is 0.802. The van der Waals surface area contributed by atoms with Crippen LogP contribution in [0.4, 0.5) is 5.69 Å². The molecule has 0 saturated heterocycles. The Hall–Kier alpha value is -2.62. The van der Waals surface area contributed by atoms with Crippen LogP contribution in [0.2, 0.25) is 0 Å². The van der Waals surface area contributed by atoms with E-state index in [1.807, 2.05) is 24.3 Å². The van der Waals surface area contributed by atoms with Crippen molar-refractivity contribution in [2.24, 2.45) is 0 Å². The van der Waals surface area contributed by atoms with Crippen LogP contribution in [-0.4, -0.2) is 21.7 Å². The van der Waals surface area contributed by atoms with E-state index in [1.54, 1.807) is 0 Å². The number of anilines is 1. The van der Waals surface area contributed by atoms with Crippen molar-refractivity contribution in [2.45, 2.75) is 12.8 Å². The predicted molar refractivity (Wildman–Crippen MR) is 84.1 cm³/mol. The van der Waals surface area contributed by atoms with Gasteiger partial charge < -0.3 is 5.32 Å². The maximum absolute atomic E-state index is 4.76. The number of aromatic amines is 1. The van der Waals surface area contributed by atoms with Crippen LogP contribution in [0.3, 0.4) is 0 Å². The molecule has 1 aromatic carbocycles. The summed E-state index contributed by atoms with van der Waals surface area (Å²) in [5.74, 6) is 0. The van der Waals surface area contributed by atoms with Gasteiger partial charge in [0.1, 0.15) is 0 Å². The molecule has 0 bridgehead atoms. The van der Waals surface area contributed by atoms with Crippen LogP contribution in [0.5, 0.6) is 0 Å². The first-order valence-corrected chi connectivity index (χ1v) is 7.25. The fraction of sp³-hybridized carbons (Fsp3) is 0.176. The zero-order valence-electron chi connectivity index (χ0n) is 11.6. The van der Waals surface area contributed by atoms with Crippen molar-refractivity contribution in [2.75, 3.05) is 11.9 Å². The van der Waals surface area contributed by atoms with E-state index in [2.05, 4.69) is 39.8 Å². The third-order valence-electron chi connectivity index (χ3n) is 3.80. The van der Waals surface area contributed by atoms with Crippen molar-refractivity contribution < 1.29 is 0 Å². The summed E-state index contributed by atoms with van der Waals surface area (Å²) >= 11 is 0. The molecule has 1 aliphatic heterocycles. The van der Waals surface area contributed by atoms with E-state index in [1.165, 1.54) is 0 Å². The number of benzene rings is 1. The molecular weight excluding hydrogens is 260 g/mol. The SMILES string of the molecule is c1ccc(-c2cc(-c3ccc4c(n3)CCCN4)[nH]n2)cc1. The normalized spacial score (nSPS) is 13.5. The minimum Gasteiger partial charge on any atom is -0.384 e. The Morgan fingerprint density at radius 3 is 2.76 bits per heavy atom. The Kier molecular flexibility index (Phi) is 2.92. The van der Waals surface area contributed by atoms with Crippen molar-refractivity contribution in [3.63, 3.8) is 0 Å². The smallest absolute Gasteiger partial charge is 0.0927 e. The monoisotopic (exact) mass is 276 g/mol. The summed E-state index contributed by atoms with van der Waals surface area (Å²) in [5.41, 5.74) is 6.28. The molecule has 2 aromatic heterocycles. The minimum absolute atomic E-state index is 0.947. The van der Waals surface area contributed by atoms with E-state index in [-0.39, 0.29) is 0 Å². The highest BCUT2D eigenvalue weighted by Gasteiger charge is 2.12. The fourth-order valence-electron chi connectivity index (χ4n) is 2.69. The zero-order chi connectivity index (χ0) is 14.1. The predicted octanol–water partition coefficient (Wildman–Crippen LogP) is 3.50. The highest BCUT2D eigenvalue weighted by Crippen LogP contribution is 2.26. The Morgan fingerprint density at radius 1 is 0.952 bits per heavy atom. The van der Waals surface area contributed by atoms with Gasteiger partial charge >= 0.3 is 0 Å². The molecule has 3 heterocycles. The summed E-state index contributed by atoms with van der Waals surface area (Å²) in [7, 11) is 0. The van der Waals surface area contributed by atoms with Crippen LogP contribution in [0.1, 0.15) is 12.1 Å². The van der Waals surface area contributed by atoms with Crippen molar-refractivity contribution in [3.8, 4) is 22.6 Å². The molecule has 0 atom stereocenters. The van der Waals surface area contributed by atoms with Crippen LogP contribution in [0.15, 0.2) is 48.5 Å². The average molecular weight is 276 g/mol. The van der Waals surface area contributed by atoms with Crippen LogP contribution >= 0.6 is 0 Å². The van der Waals surface area contributed by atoms with Gasteiger partial charge in [0.15, 0.2) is 0 Å². The summed E-state index contributed by atoms with van der Waals surface area (Å²) in [4.78, 5) is 4.76. The maximum Gasteiger partial charge on any atom is 0.0927 e. The van der Waals surface area contributed by atoms with Crippen molar-refractivity contribution in [3.05, 3.63) is 54.2 Å². The van der Waals surface area contributed by atoms with Gasteiger partial charge in [-0.2, -0.15) is 5.10 Å². The second kappa shape index (κ2) is 5.05. The molecule has 0 amide bonds. The molecule has 4 heteroatoms. The second-order valence-electron chi connectivity index (χ2n) is 5.25. The molecule has 3 aromatic rings. The fourth-order valence-corrected chi connectivity index (χ4v) is 2.69. The molecule has 0 radical (unpaired) electrons. The summed E-state index contributed by atoms with van der Waals surface area (Å²) in [6.07, 6.45) is 2.18. The van der Waals surface area contributed by atoms with E-state index in [0.29, 0.717) is 0 Å². The molecule has 2 N–H and O–H groups in total. The molecule has 0 fully saturated rings. The van der Waals surface area contributed by atoms with Gasteiger partial charge in [-0.15, -0.1) is 0 Å². The van der Waals surface area contributed by atoms with Crippen LogP contribution in [0.25, 0.3) is 22.6 Å². The van der Waals surface area contributed by atoms with Crippen LogP contribution in [-0.2, 0) is 6.42 Å². The highest BCUT2D eigenvalue weighted by molar-refractivity contribution is 5.67. The number of hydrogen-bond donors (Lipinski definition) is 2. The van der Waals surface area contributed by atoms with Crippen LogP contribution < -0.4 is 5.32 Å². The topological polar surface area (TPSA) is 53.6 Å². The molecule has 21 heavy (non-hydrogen) atoms. The van der Waals surface area contributed by atoms with Gasteiger partial charge in [-0.05, 0) is 31.0 Å².